The lowest BCUT2D eigenvalue weighted by atomic mass is 9.87. The fourth-order valence-electron chi connectivity index (χ4n) is 4.51. The van der Waals surface area contributed by atoms with Crippen molar-refractivity contribution in [3.8, 4) is 5.75 Å². The van der Waals surface area contributed by atoms with Crippen LogP contribution in [0.1, 0.15) is 61.1 Å². The number of carbonyl (C=O) groups excluding carboxylic acids is 3. The first-order chi connectivity index (χ1) is 16.9. The Morgan fingerprint density at radius 2 is 1.83 bits per heavy atom. The van der Waals surface area contributed by atoms with Crippen LogP contribution in [0.2, 0.25) is 0 Å². The Labute approximate surface area is 204 Å². The fourth-order valence-corrected chi connectivity index (χ4v) is 4.51. The number of para-hydroxylation sites is 1. The zero-order valence-electron chi connectivity index (χ0n) is 20.1. The standard InChI is InChI=1S/C28H30N2O5/c1-3-5-14-30(15-8-11-25(33)35-4-2)18-12-13-19(23(31)16-18)21-17-24(32)28(34)27-26(21)20-9-6-7-10-22(20)29-27/h6-7,9-10,12-13,16-17,29,31H,3-5,8,11,14-15H2,1-2H3. The van der Waals surface area contributed by atoms with Crippen LogP contribution in [-0.4, -0.2) is 47.3 Å². The van der Waals surface area contributed by atoms with Crippen molar-refractivity contribution in [2.24, 2.45) is 0 Å². The maximum absolute atomic E-state index is 12.6. The second kappa shape index (κ2) is 10.6. The summed E-state index contributed by atoms with van der Waals surface area (Å²) in [7, 11) is 0. The van der Waals surface area contributed by atoms with Gasteiger partial charge in [0.2, 0.25) is 11.6 Å². The number of aromatic hydroxyl groups is 1. The van der Waals surface area contributed by atoms with Crippen LogP contribution in [0.5, 0.6) is 5.75 Å². The lowest BCUT2D eigenvalue weighted by molar-refractivity contribution is -0.143. The van der Waals surface area contributed by atoms with Gasteiger partial charge in [-0.05, 0) is 49.6 Å². The minimum atomic E-state index is -0.619. The van der Waals surface area contributed by atoms with Crippen LogP contribution in [0, 0.1) is 0 Å². The van der Waals surface area contributed by atoms with E-state index in [9.17, 15) is 19.5 Å². The molecule has 7 nitrogen and oxygen atoms in total. The smallest absolute Gasteiger partial charge is 0.305 e. The van der Waals surface area contributed by atoms with Gasteiger partial charge in [-0.25, -0.2) is 0 Å². The highest BCUT2D eigenvalue weighted by atomic mass is 16.5. The van der Waals surface area contributed by atoms with Crippen LogP contribution in [0.25, 0.3) is 16.5 Å². The number of ketones is 2. The number of esters is 1. The number of aromatic amines is 1. The van der Waals surface area contributed by atoms with Crippen LogP contribution in [-0.2, 0) is 14.3 Å². The second-order valence-electron chi connectivity index (χ2n) is 8.62. The van der Waals surface area contributed by atoms with E-state index in [4.69, 9.17) is 4.74 Å². The highest BCUT2D eigenvalue weighted by Gasteiger charge is 2.31. The summed E-state index contributed by atoms with van der Waals surface area (Å²) in [6, 6.07) is 12.9. The molecule has 35 heavy (non-hydrogen) atoms. The quantitative estimate of drug-likeness (QED) is 0.316. The van der Waals surface area contributed by atoms with Crippen LogP contribution >= 0.6 is 0 Å². The predicted octanol–water partition coefficient (Wildman–Crippen LogP) is 5.02. The van der Waals surface area contributed by atoms with Crippen molar-refractivity contribution in [2.45, 2.75) is 39.5 Å². The molecule has 1 aromatic heterocycles. The zero-order valence-corrected chi connectivity index (χ0v) is 20.1. The molecule has 2 aromatic carbocycles. The highest BCUT2D eigenvalue weighted by molar-refractivity contribution is 6.51. The molecule has 0 atom stereocenters. The molecule has 0 spiro atoms. The van der Waals surface area contributed by atoms with Crippen molar-refractivity contribution in [1.29, 1.82) is 0 Å². The monoisotopic (exact) mass is 474 g/mol. The van der Waals surface area contributed by atoms with Gasteiger partial charge in [-0.3, -0.25) is 14.4 Å². The molecule has 0 radical (unpaired) electrons. The maximum Gasteiger partial charge on any atom is 0.305 e. The molecule has 0 saturated carbocycles. The van der Waals surface area contributed by atoms with Crippen molar-refractivity contribution < 1.29 is 24.2 Å². The number of Topliss-reactive ketones (excluding diaryl/α,β-unsaturated/α-hetero) is 1. The van der Waals surface area contributed by atoms with Crippen molar-refractivity contribution in [3.05, 3.63) is 65.4 Å². The Bertz CT molecular complexity index is 1300. The predicted molar refractivity (Wildman–Crippen MR) is 136 cm³/mol. The normalized spacial score (nSPS) is 13.0. The number of anilines is 1. The summed E-state index contributed by atoms with van der Waals surface area (Å²) in [5, 5.41) is 11.9. The fraction of sp³-hybridized carbons (Fsp3) is 0.321. The Balaban J connectivity index is 1.65. The third-order valence-corrected chi connectivity index (χ3v) is 6.23. The van der Waals surface area contributed by atoms with Gasteiger partial charge in [0, 0.05) is 53.3 Å². The van der Waals surface area contributed by atoms with Gasteiger partial charge in [0.15, 0.2) is 0 Å². The number of fused-ring (bicyclic) bond motifs is 3. The van der Waals surface area contributed by atoms with Crippen LogP contribution < -0.4 is 4.90 Å². The zero-order chi connectivity index (χ0) is 24.9. The summed E-state index contributed by atoms with van der Waals surface area (Å²) < 4.78 is 5.02. The van der Waals surface area contributed by atoms with Crippen LogP contribution in [0.15, 0.2) is 48.5 Å². The van der Waals surface area contributed by atoms with Gasteiger partial charge >= 0.3 is 5.97 Å². The van der Waals surface area contributed by atoms with Gasteiger partial charge in [0.1, 0.15) is 5.75 Å². The first-order valence-electron chi connectivity index (χ1n) is 12.1. The Morgan fingerprint density at radius 1 is 1.06 bits per heavy atom. The number of H-pyrrole nitrogens is 1. The van der Waals surface area contributed by atoms with E-state index in [0.717, 1.165) is 36.0 Å². The number of nitrogens with zero attached hydrogens (tertiary/aromatic N) is 1. The third-order valence-electron chi connectivity index (χ3n) is 6.23. The third kappa shape index (κ3) is 4.99. The van der Waals surface area contributed by atoms with Gasteiger partial charge in [-0.15, -0.1) is 0 Å². The van der Waals surface area contributed by atoms with Gasteiger partial charge in [-0.1, -0.05) is 31.5 Å². The first kappa shape index (κ1) is 24.3. The number of rotatable bonds is 10. The average Bonchev–Trinajstić information content (AvgIpc) is 3.24. The molecule has 1 aliphatic carbocycles. The molecule has 0 amide bonds. The first-order valence-corrected chi connectivity index (χ1v) is 12.1. The molecule has 0 unspecified atom stereocenters. The molecule has 0 bridgehead atoms. The van der Waals surface area contributed by atoms with Crippen molar-refractivity contribution in [2.75, 3.05) is 24.6 Å². The number of phenolic OH excluding ortho intramolecular Hbond substituents is 1. The van der Waals surface area contributed by atoms with Crippen LogP contribution in [0.3, 0.4) is 0 Å². The number of benzene rings is 2. The Hall–Kier alpha value is -3.87. The number of allylic oxidation sites excluding steroid dienone is 1. The number of hydrogen-bond donors (Lipinski definition) is 2. The van der Waals surface area contributed by atoms with E-state index in [1.54, 1.807) is 19.1 Å². The summed E-state index contributed by atoms with van der Waals surface area (Å²) in [6.07, 6.45) is 4.29. The average molecular weight is 475 g/mol. The van der Waals surface area contributed by atoms with Crippen molar-refractivity contribution in [3.63, 3.8) is 0 Å². The summed E-state index contributed by atoms with van der Waals surface area (Å²) in [6.45, 7) is 5.72. The number of ether oxygens (including phenoxy) is 1. The Kier molecular flexibility index (Phi) is 7.34. The van der Waals surface area contributed by atoms with Gasteiger partial charge in [0.05, 0.1) is 12.3 Å². The van der Waals surface area contributed by atoms with E-state index in [1.165, 1.54) is 6.08 Å². The second-order valence-corrected chi connectivity index (χ2v) is 8.62. The SMILES string of the molecule is CCCCN(CCCC(=O)OCC)c1ccc(C2=CC(=O)C(=O)c3[nH]c4ccccc4c32)c(O)c1. The minimum Gasteiger partial charge on any atom is -0.507 e. The van der Waals surface area contributed by atoms with Gasteiger partial charge in [-0.2, -0.15) is 0 Å². The number of carbonyl (C=O) groups is 3. The minimum absolute atomic E-state index is 0.0269. The molecule has 182 valence electrons. The number of unbranched alkanes of at least 4 members (excludes halogenated alkanes) is 1. The molecule has 2 N–H and O–H groups in total. The molecule has 4 rings (SSSR count). The van der Waals surface area contributed by atoms with E-state index in [1.807, 2.05) is 30.3 Å². The summed E-state index contributed by atoms with van der Waals surface area (Å²) in [5.41, 5.74) is 3.48. The highest BCUT2D eigenvalue weighted by Crippen LogP contribution is 2.40. The molecular formula is C28H30N2O5. The van der Waals surface area contributed by atoms with Crippen molar-refractivity contribution in [1.82, 2.24) is 4.98 Å². The van der Waals surface area contributed by atoms with E-state index in [0.29, 0.717) is 42.7 Å². The number of hydrogen-bond acceptors (Lipinski definition) is 6. The summed E-state index contributed by atoms with van der Waals surface area (Å²) in [4.78, 5) is 42.0. The molecule has 0 fully saturated rings. The topological polar surface area (TPSA) is 99.7 Å². The molecular weight excluding hydrogens is 444 g/mol. The summed E-state index contributed by atoms with van der Waals surface area (Å²) in [5.74, 6) is -1.38. The van der Waals surface area contributed by atoms with Gasteiger partial charge in [0.25, 0.3) is 0 Å². The molecule has 7 heteroatoms. The number of aromatic nitrogens is 1. The largest absolute Gasteiger partial charge is 0.507 e. The van der Waals surface area contributed by atoms with E-state index >= 15 is 0 Å². The number of nitrogens with one attached hydrogen (secondary N) is 1. The lowest BCUT2D eigenvalue weighted by Crippen LogP contribution is -2.26. The lowest BCUT2D eigenvalue weighted by Gasteiger charge is -2.25. The van der Waals surface area contributed by atoms with E-state index in [2.05, 4.69) is 16.8 Å². The molecule has 1 heterocycles. The molecule has 1 aliphatic rings. The molecule has 0 aliphatic heterocycles. The van der Waals surface area contributed by atoms with E-state index in [-0.39, 0.29) is 17.4 Å². The van der Waals surface area contributed by atoms with Crippen molar-refractivity contribution >= 4 is 39.7 Å². The summed E-state index contributed by atoms with van der Waals surface area (Å²) >= 11 is 0. The maximum atomic E-state index is 12.6. The Morgan fingerprint density at radius 3 is 2.57 bits per heavy atom. The number of phenols is 1. The van der Waals surface area contributed by atoms with Gasteiger partial charge < -0.3 is 19.7 Å². The van der Waals surface area contributed by atoms with Crippen LogP contribution in [0.4, 0.5) is 5.69 Å². The molecule has 0 saturated heterocycles. The molecule has 3 aromatic rings. The van der Waals surface area contributed by atoms with E-state index < -0.39 is 11.6 Å².